The van der Waals surface area contributed by atoms with Gasteiger partial charge in [-0.3, -0.25) is 0 Å². The number of fused-ring (bicyclic) bond motifs is 5. The van der Waals surface area contributed by atoms with Crippen molar-refractivity contribution in [2.45, 2.75) is 18.6 Å². The molecule has 2 N–H and O–H groups in total. The van der Waals surface area contributed by atoms with Gasteiger partial charge in [0.1, 0.15) is 0 Å². The Kier molecular flexibility index (Phi) is 1.47. The van der Waals surface area contributed by atoms with Crippen molar-refractivity contribution in [1.82, 2.24) is 0 Å². The second kappa shape index (κ2) is 2.46. The SMILES string of the molecule is O[C@@H]1C=C[C@H](O)[C@@H]2[C@@H]1[C@@H]1C=C[C@H]2C1. The van der Waals surface area contributed by atoms with Gasteiger partial charge in [0.15, 0.2) is 0 Å². The van der Waals surface area contributed by atoms with Crippen LogP contribution in [0.1, 0.15) is 6.42 Å². The van der Waals surface area contributed by atoms with E-state index < -0.39 is 0 Å². The van der Waals surface area contributed by atoms with E-state index in [1.165, 1.54) is 0 Å². The minimum absolute atomic E-state index is 0.273. The molecule has 0 aromatic heterocycles. The van der Waals surface area contributed by atoms with Gasteiger partial charge in [0.2, 0.25) is 0 Å². The molecule has 0 unspecified atom stereocenters. The van der Waals surface area contributed by atoms with Crippen LogP contribution < -0.4 is 0 Å². The lowest BCUT2D eigenvalue weighted by molar-refractivity contribution is 0.0277. The summed E-state index contributed by atoms with van der Waals surface area (Å²) in [6.07, 6.45) is 8.37. The van der Waals surface area contributed by atoms with Crippen LogP contribution in [-0.2, 0) is 0 Å². The molecule has 0 aromatic carbocycles. The van der Waals surface area contributed by atoms with Crippen LogP contribution in [0, 0.1) is 23.7 Å². The van der Waals surface area contributed by atoms with Gasteiger partial charge in [-0.2, -0.15) is 0 Å². The topological polar surface area (TPSA) is 40.5 Å². The van der Waals surface area contributed by atoms with Crippen molar-refractivity contribution >= 4 is 0 Å². The van der Waals surface area contributed by atoms with Gasteiger partial charge in [0.05, 0.1) is 12.2 Å². The van der Waals surface area contributed by atoms with Crippen molar-refractivity contribution in [3.8, 4) is 0 Å². The average Bonchev–Trinajstić information content (AvgIpc) is 2.70. The molecule has 3 aliphatic rings. The van der Waals surface area contributed by atoms with Crippen LogP contribution in [0.25, 0.3) is 0 Å². The van der Waals surface area contributed by atoms with E-state index in [0.29, 0.717) is 11.8 Å². The van der Waals surface area contributed by atoms with Gasteiger partial charge in [-0.15, -0.1) is 0 Å². The second-order valence-corrected chi connectivity index (χ2v) is 4.47. The fourth-order valence-electron chi connectivity index (χ4n) is 3.34. The zero-order valence-electron chi connectivity index (χ0n) is 7.38. The molecule has 0 aromatic rings. The Morgan fingerprint density at radius 3 is 1.69 bits per heavy atom. The highest BCUT2D eigenvalue weighted by Gasteiger charge is 2.50. The first-order valence-electron chi connectivity index (χ1n) is 5.00. The predicted molar refractivity (Wildman–Crippen MR) is 48.9 cm³/mol. The zero-order valence-corrected chi connectivity index (χ0v) is 7.38. The molecule has 1 fully saturated rings. The number of aliphatic hydroxyl groups excluding tert-OH is 2. The number of hydrogen-bond acceptors (Lipinski definition) is 2. The molecule has 70 valence electrons. The summed E-state index contributed by atoms with van der Waals surface area (Å²) in [6.45, 7) is 0. The number of aliphatic hydroxyl groups is 2. The highest BCUT2D eigenvalue weighted by molar-refractivity contribution is 5.22. The van der Waals surface area contributed by atoms with E-state index in [-0.39, 0.29) is 24.0 Å². The standard InChI is InChI=1S/C11H14O2/c12-8-3-4-9(13)11-7-2-1-6(5-7)10(8)11/h1-4,6-13H,5H2/t6-,7+,8-,9+,10-,11-/m1/s1. The lowest BCUT2D eigenvalue weighted by Gasteiger charge is -2.36. The van der Waals surface area contributed by atoms with Crippen LogP contribution in [0.4, 0.5) is 0 Å². The number of allylic oxidation sites excluding steroid dienone is 2. The smallest absolute Gasteiger partial charge is 0.0759 e. The van der Waals surface area contributed by atoms with Crippen LogP contribution in [0.2, 0.25) is 0 Å². The quantitative estimate of drug-likeness (QED) is 0.536. The summed E-state index contributed by atoms with van der Waals surface area (Å²) in [7, 11) is 0. The van der Waals surface area contributed by atoms with Crippen molar-refractivity contribution in [3.05, 3.63) is 24.3 Å². The summed E-state index contributed by atoms with van der Waals surface area (Å²) in [5, 5.41) is 19.6. The first-order valence-corrected chi connectivity index (χ1v) is 5.00. The molecule has 2 heteroatoms. The summed E-state index contributed by atoms with van der Waals surface area (Å²) in [5.41, 5.74) is 0. The van der Waals surface area contributed by atoms with Gasteiger partial charge >= 0.3 is 0 Å². The number of hydrogen-bond donors (Lipinski definition) is 2. The highest BCUT2D eigenvalue weighted by atomic mass is 16.3. The highest BCUT2D eigenvalue weighted by Crippen LogP contribution is 2.52. The summed E-state index contributed by atoms with van der Waals surface area (Å²) in [5.74, 6) is 1.55. The van der Waals surface area contributed by atoms with Crippen molar-refractivity contribution < 1.29 is 10.2 Å². The van der Waals surface area contributed by atoms with Gasteiger partial charge in [0, 0.05) is 11.8 Å². The van der Waals surface area contributed by atoms with Crippen molar-refractivity contribution in [2.75, 3.05) is 0 Å². The van der Waals surface area contributed by atoms with Crippen molar-refractivity contribution in [1.29, 1.82) is 0 Å². The largest absolute Gasteiger partial charge is 0.389 e. The van der Waals surface area contributed by atoms with Gasteiger partial charge in [-0.05, 0) is 18.3 Å². The molecule has 2 bridgehead atoms. The van der Waals surface area contributed by atoms with E-state index in [4.69, 9.17) is 0 Å². The fourth-order valence-corrected chi connectivity index (χ4v) is 3.34. The molecule has 0 heterocycles. The van der Waals surface area contributed by atoms with Gasteiger partial charge < -0.3 is 10.2 Å². The summed E-state index contributed by atoms with van der Waals surface area (Å²) in [6, 6.07) is 0. The Bertz CT molecular complexity index is 256. The Labute approximate surface area is 77.6 Å². The van der Waals surface area contributed by atoms with Crippen LogP contribution >= 0.6 is 0 Å². The molecule has 3 rings (SSSR count). The van der Waals surface area contributed by atoms with Crippen LogP contribution in [0.3, 0.4) is 0 Å². The fraction of sp³-hybridized carbons (Fsp3) is 0.636. The van der Waals surface area contributed by atoms with Crippen LogP contribution in [-0.4, -0.2) is 22.4 Å². The van der Waals surface area contributed by atoms with Crippen molar-refractivity contribution in [2.24, 2.45) is 23.7 Å². The molecule has 0 aliphatic heterocycles. The Morgan fingerprint density at radius 2 is 1.23 bits per heavy atom. The molecule has 1 saturated carbocycles. The Balaban J connectivity index is 2.00. The zero-order chi connectivity index (χ0) is 9.00. The average molecular weight is 178 g/mol. The monoisotopic (exact) mass is 178 g/mol. The minimum atomic E-state index is -0.339. The molecular formula is C11H14O2. The third kappa shape index (κ3) is 0.903. The normalized spacial score (nSPS) is 57.1. The first-order chi connectivity index (χ1) is 6.27. The third-order valence-electron chi connectivity index (χ3n) is 3.88. The summed E-state index contributed by atoms with van der Waals surface area (Å²) < 4.78 is 0. The van der Waals surface area contributed by atoms with Gasteiger partial charge in [0.25, 0.3) is 0 Å². The molecule has 0 amide bonds. The van der Waals surface area contributed by atoms with E-state index in [2.05, 4.69) is 12.2 Å². The molecule has 2 nitrogen and oxygen atoms in total. The second-order valence-electron chi connectivity index (χ2n) is 4.47. The summed E-state index contributed by atoms with van der Waals surface area (Å²) in [4.78, 5) is 0. The maximum absolute atomic E-state index is 9.79. The first kappa shape index (κ1) is 7.77. The van der Waals surface area contributed by atoms with Crippen LogP contribution in [0.5, 0.6) is 0 Å². The van der Waals surface area contributed by atoms with E-state index in [1.54, 1.807) is 12.2 Å². The summed E-state index contributed by atoms with van der Waals surface area (Å²) >= 11 is 0. The molecular weight excluding hydrogens is 164 g/mol. The lowest BCUT2D eigenvalue weighted by Crippen LogP contribution is -2.39. The predicted octanol–water partition coefficient (Wildman–Crippen LogP) is 0.716. The number of rotatable bonds is 0. The Hall–Kier alpha value is -0.600. The van der Waals surface area contributed by atoms with Crippen molar-refractivity contribution in [3.63, 3.8) is 0 Å². The van der Waals surface area contributed by atoms with E-state index in [1.807, 2.05) is 0 Å². The van der Waals surface area contributed by atoms with E-state index in [9.17, 15) is 10.2 Å². The van der Waals surface area contributed by atoms with E-state index >= 15 is 0 Å². The molecule has 3 aliphatic carbocycles. The maximum atomic E-state index is 9.79. The maximum Gasteiger partial charge on any atom is 0.0759 e. The minimum Gasteiger partial charge on any atom is -0.389 e. The molecule has 13 heavy (non-hydrogen) atoms. The molecule has 0 radical (unpaired) electrons. The van der Waals surface area contributed by atoms with Gasteiger partial charge in [-0.25, -0.2) is 0 Å². The third-order valence-corrected chi connectivity index (χ3v) is 3.88. The van der Waals surface area contributed by atoms with Crippen LogP contribution in [0.15, 0.2) is 24.3 Å². The Morgan fingerprint density at radius 1 is 0.769 bits per heavy atom. The molecule has 6 atom stereocenters. The lowest BCUT2D eigenvalue weighted by atomic mass is 9.73. The van der Waals surface area contributed by atoms with Gasteiger partial charge in [-0.1, -0.05) is 24.3 Å². The molecule has 0 spiro atoms. The molecule has 0 saturated heterocycles. The van der Waals surface area contributed by atoms with E-state index in [0.717, 1.165) is 6.42 Å².